The van der Waals surface area contributed by atoms with Crippen LogP contribution < -0.4 is 0 Å². The van der Waals surface area contributed by atoms with Gasteiger partial charge in [0.05, 0.1) is 12.6 Å². The molecule has 0 unspecified atom stereocenters. The van der Waals surface area contributed by atoms with Gasteiger partial charge in [-0.3, -0.25) is 9.69 Å². The standard InChI is InChI=1S/C15H26N4O/c1-17-8-10-19(11-9-17)15(20)13-18(7-3-6-16)12-14-4-2-5-14/h14H,2-5,7-13H2,1H3. The normalized spacial score (nSPS) is 20.8. The number of likely N-dealkylation sites (N-methyl/N-ethyl adjacent to an activating group) is 1. The van der Waals surface area contributed by atoms with Crippen LogP contribution in [0.4, 0.5) is 0 Å². The van der Waals surface area contributed by atoms with Gasteiger partial charge in [0, 0.05) is 45.7 Å². The van der Waals surface area contributed by atoms with Gasteiger partial charge in [-0.05, 0) is 25.8 Å². The summed E-state index contributed by atoms with van der Waals surface area (Å²) in [4.78, 5) is 18.8. The van der Waals surface area contributed by atoms with Gasteiger partial charge in [-0.1, -0.05) is 6.42 Å². The molecule has 1 amide bonds. The van der Waals surface area contributed by atoms with Crippen molar-refractivity contribution < 1.29 is 4.79 Å². The average Bonchev–Trinajstić information content (AvgIpc) is 2.40. The van der Waals surface area contributed by atoms with Crippen molar-refractivity contribution in [3.8, 4) is 6.07 Å². The number of nitriles is 1. The molecule has 0 aromatic carbocycles. The third-order valence-corrected chi connectivity index (χ3v) is 4.50. The fraction of sp³-hybridized carbons (Fsp3) is 0.867. The maximum absolute atomic E-state index is 12.3. The fourth-order valence-electron chi connectivity index (χ4n) is 2.83. The van der Waals surface area contributed by atoms with Crippen LogP contribution in [-0.2, 0) is 4.79 Å². The van der Waals surface area contributed by atoms with Crippen molar-refractivity contribution in [3.63, 3.8) is 0 Å². The molecule has 0 N–H and O–H groups in total. The summed E-state index contributed by atoms with van der Waals surface area (Å²) in [5.41, 5.74) is 0. The first-order chi connectivity index (χ1) is 9.69. The molecular formula is C15H26N4O. The summed E-state index contributed by atoms with van der Waals surface area (Å²) in [7, 11) is 2.09. The van der Waals surface area contributed by atoms with E-state index in [0.29, 0.717) is 13.0 Å². The highest BCUT2D eigenvalue weighted by molar-refractivity contribution is 5.78. The predicted octanol–water partition coefficient (Wildman–Crippen LogP) is 0.776. The van der Waals surface area contributed by atoms with Gasteiger partial charge in [-0.15, -0.1) is 0 Å². The molecule has 5 nitrogen and oxygen atoms in total. The Labute approximate surface area is 122 Å². The van der Waals surface area contributed by atoms with Crippen molar-refractivity contribution in [1.29, 1.82) is 5.26 Å². The Balaban J connectivity index is 1.79. The van der Waals surface area contributed by atoms with Gasteiger partial charge in [0.15, 0.2) is 0 Å². The number of nitrogens with zero attached hydrogens (tertiary/aromatic N) is 4. The Morgan fingerprint density at radius 2 is 2.00 bits per heavy atom. The topological polar surface area (TPSA) is 50.6 Å². The fourth-order valence-corrected chi connectivity index (χ4v) is 2.83. The van der Waals surface area contributed by atoms with Crippen LogP contribution in [0.15, 0.2) is 0 Å². The van der Waals surface area contributed by atoms with E-state index in [2.05, 4.69) is 22.9 Å². The monoisotopic (exact) mass is 278 g/mol. The van der Waals surface area contributed by atoms with Gasteiger partial charge in [0.2, 0.25) is 5.91 Å². The van der Waals surface area contributed by atoms with Gasteiger partial charge in [-0.2, -0.15) is 5.26 Å². The minimum atomic E-state index is 0.232. The minimum absolute atomic E-state index is 0.232. The van der Waals surface area contributed by atoms with Crippen LogP contribution in [0.3, 0.4) is 0 Å². The number of carbonyl (C=O) groups excluding carboxylic acids is 1. The first-order valence-electron chi connectivity index (χ1n) is 7.74. The van der Waals surface area contributed by atoms with E-state index >= 15 is 0 Å². The Morgan fingerprint density at radius 3 is 2.55 bits per heavy atom. The van der Waals surface area contributed by atoms with Crippen LogP contribution in [0, 0.1) is 17.2 Å². The molecule has 1 aliphatic carbocycles. The Morgan fingerprint density at radius 1 is 1.30 bits per heavy atom. The molecule has 112 valence electrons. The van der Waals surface area contributed by atoms with Gasteiger partial charge in [0.1, 0.15) is 0 Å². The number of hydrogen-bond acceptors (Lipinski definition) is 4. The number of carbonyl (C=O) groups is 1. The van der Waals surface area contributed by atoms with E-state index in [0.717, 1.165) is 45.2 Å². The van der Waals surface area contributed by atoms with Crippen LogP contribution in [-0.4, -0.2) is 73.5 Å². The molecule has 0 spiro atoms. The Hall–Kier alpha value is -1.12. The molecule has 2 aliphatic rings. The maximum Gasteiger partial charge on any atom is 0.236 e. The molecular weight excluding hydrogens is 252 g/mol. The molecule has 1 heterocycles. The van der Waals surface area contributed by atoms with Crippen molar-refractivity contribution in [2.75, 3.05) is 52.9 Å². The number of amides is 1. The molecule has 0 radical (unpaired) electrons. The van der Waals surface area contributed by atoms with Gasteiger partial charge in [-0.25, -0.2) is 0 Å². The van der Waals surface area contributed by atoms with Crippen LogP contribution in [0.25, 0.3) is 0 Å². The quantitative estimate of drug-likeness (QED) is 0.720. The molecule has 5 heteroatoms. The first-order valence-corrected chi connectivity index (χ1v) is 7.74. The van der Waals surface area contributed by atoms with Crippen molar-refractivity contribution in [1.82, 2.24) is 14.7 Å². The second-order valence-corrected chi connectivity index (χ2v) is 6.12. The molecule has 0 atom stereocenters. The lowest BCUT2D eigenvalue weighted by Gasteiger charge is -2.35. The second-order valence-electron chi connectivity index (χ2n) is 6.12. The molecule has 0 aromatic heterocycles. The molecule has 1 saturated heterocycles. The van der Waals surface area contributed by atoms with Gasteiger partial charge < -0.3 is 9.80 Å². The van der Waals surface area contributed by atoms with E-state index in [-0.39, 0.29) is 5.91 Å². The van der Waals surface area contributed by atoms with Crippen LogP contribution >= 0.6 is 0 Å². The van der Waals surface area contributed by atoms with Crippen molar-refractivity contribution in [2.24, 2.45) is 5.92 Å². The lowest BCUT2D eigenvalue weighted by atomic mass is 9.85. The van der Waals surface area contributed by atoms with Crippen LogP contribution in [0.2, 0.25) is 0 Å². The predicted molar refractivity (Wildman–Crippen MR) is 78.1 cm³/mol. The lowest BCUT2D eigenvalue weighted by Crippen LogP contribution is -2.50. The van der Waals surface area contributed by atoms with E-state index in [1.807, 2.05) is 4.90 Å². The smallest absolute Gasteiger partial charge is 0.236 e. The van der Waals surface area contributed by atoms with E-state index in [1.54, 1.807) is 0 Å². The highest BCUT2D eigenvalue weighted by Gasteiger charge is 2.24. The third-order valence-electron chi connectivity index (χ3n) is 4.50. The third kappa shape index (κ3) is 4.46. The SMILES string of the molecule is CN1CCN(C(=O)CN(CCC#N)CC2CCC2)CC1. The Kier molecular flexibility index (Phi) is 5.81. The van der Waals surface area contributed by atoms with E-state index in [4.69, 9.17) is 5.26 Å². The van der Waals surface area contributed by atoms with Crippen molar-refractivity contribution in [3.05, 3.63) is 0 Å². The molecule has 1 saturated carbocycles. The van der Waals surface area contributed by atoms with Crippen molar-refractivity contribution >= 4 is 5.91 Å². The lowest BCUT2D eigenvalue weighted by molar-refractivity contribution is -0.134. The van der Waals surface area contributed by atoms with Gasteiger partial charge >= 0.3 is 0 Å². The summed E-state index contributed by atoms with van der Waals surface area (Å²) >= 11 is 0. The Bertz CT molecular complexity index is 353. The molecule has 20 heavy (non-hydrogen) atoms. The van der Waals surface area contributed by atoms with E-state index in [9.17, 15) is 4.79 Å². The summed E-state index contributed by atoms with van der Waals surface area (Å²) in [5, 5.41) is 8.75. The molecule has 2 rings (SSSR count). The number of piperazine rings is 1. The number of hydrogen-bond donors (Lipinski definition) is 0. The summed E-state index contributed by atoms with van der Waals surface area (Å²) in [6.45, 7) is 5.81. The zero-order chi connectivity index (χ0) is 14.4. The van der Waals surface area contributed by atoms with Crippen LogP contribution in [0.5, 0.6) is 0 Å². The van der Waals surface area contributed by atoms with Crippen molar-refractivity contribution in [2.45, 2.75) is 25.7 Å². The largest absolute Gasteiger partial charge is 0.339 e. The highest BCUT2D eigenvalue weighted by Crippen LogP contribution is 2.27. The van der Waals surface area contributed by atoms with E-state index < -0.39 is 0 Å². The van der Waals surface area contributed by atoms with Crippen LogP contribution in [0.1, 0.15) is 25.7 Å². The second kappa shape index (κ2) is 7.61. The molecule has 1 aliphatic heterocycles. The maximum atomic E-state index is 12.3. The first kappa shape index (κ1) is 15.3. The average molecular weight is 278 g/mol. The highest BCUT2D eigenvalue weighted by atomic mass is 16.2. The summed E-state index contributed by atoms with van der Waals surface area (Å²) in [6.07, 6.45) is 4.41. The number of rotatable bonds is 6. The molecule has 0 bridgehead atoms. The van der Waals surface area contributed by atoms with E-state index in [1.165, 1.54) is 19.3 Å². The molecule has 2 fully saturated rings. The minimum Gasteiger partial charge on any atom is -0.339 e. The zero-order valence-electron chi connectivity index (χ0n) is 12.6. The summed E-state index contributed by atoms with van der Waals surface area (Å²) < 4.78 is 0. The summed E-state index contributed by atoms with van der Waals surface area (Å²) in [5.74, 6) is 0.976. The zero-order valence-corrected chi connectivity index (χ0v) is 12.6. The molecule has 0 aromatic rings. The summed E-state index contributed by atoms with van der Waals surface area (Å²) in [6, 6.07) is 2.19. The van der Waals surface area contributed by atoms with Gasteiger partial charge in [0.25, 0.3) is 0 Å².